The third-order valence-electron chi connectivity index (χ3n) is 4.53. The van der Waals surface area contributed by atoms with Crippen LogP contribution in [0.25, 0.3) is 0 Å². The maximum atomic E-state index is 13.6. The Labute approximate surface area is 186 Å². The maximum absolute atomic E-state index is 13.6. The van der Waals surface area contributed by atoms with Crippen LogP contribution in [0, 0.1) is 0 Å². The second kappa shape index (κ2) is 8.62. The number of ketones is 1. The molecule has 1 aliphatic heterocycles. The van der Waals surface area contributed by atoms with Gasteiger partial charge in [-0.2, -0.15) is 8.78 Å². The highest BCUT2D eigenvalue weighted by molar-refractivity contribution is 7.98. The Hall–Kier alpha value is -3.01. The van der Waals surface area contributed by atoms with Gasteiger partial charge in [-0.05, 0) is 48.3 Å². The summed E-state index contributed by atoms with van der Waals surface area (Å²) in [7, 11) is 0. The van der Waals surface area contributed by atoms with E-state index in [-0.39, 0.29) is 18.0 Å². The highest BCUT2D eigenvalue weighted by Gasteiger charge is 2.29. The van der Waals surface area contributed by atoms with E-state index in [0.717, 1.165) is 4.90 Å². The van der Waals surface area contributed by atoms with Gasteiger partial charge in [0.25, 0.3) is 0 Å². The fourth-order valence-electron chi connectivity index (χ4n) is 3.07. The molecule has 4 rings (SSSR count). The number of anilines is 1. The fourth-order valence-corrected chi connectivity index (χ4v) is 4.02. The van der Waals surface area contributed by atoms with Crippen molar-refractivity contribution in [2.45, 2.75) is 17.5 Å². The second-order valence-electron chi connectivity index (χ2n) is 6.60. The van der Waals surface area contributed by atoms with Crippen molar-refractivity contribution in [3.63, 3.8) is 0 Å². The number of hydrogen-bond acceptors (Lipinski definition) is 5. The van der Waals surface area contributed by atoms with Gasteiger partial charge >= 0.3 is 6.05 Å². The molecule has 0 unspecified atom stereocenters. The van der Waals surface area contributed by atoms with E-state index in [4.69, 9.17) is 17.3 Å². The number of para-hydroxylation sites is 1. The van der Waals surface area contributed by atoms with E-state index in [0.29, 0.717) is 27.8 Å². The molecule has 4 N–H and O–H groups in total. The molecule has 6 nitrogen and oxygen atoms in total. The largest absolute Gasteiger partial charge is 0.328 e. The zero-order valence-electron chi connectivity index (χ0n) is 15.9. The molecular weight excluding hydrogens is 444 g/mol. The number of pyridine rings is 1. The third-order valence-corrected chi connectivity index (χ3v) is 5.71. The Kier molecular flexibility index (Phi) is 5.90. The molecule has 1 aliphatic rings. The summed E-state index contributed by atoms with van der Waals surface area (Å²) in [6, 6.07) is 11.2. The number of aliphatic imine (C=N–C) groups is 1. The number of rotatable bonds is 5. The summed E-state index contributed by atoms with van der Waals surface area (Å²) in [5.74, 6) is 0.0560. The number of guanidine groups is 1. The van der Waals surface area contributed by atoms with E-state index in [2.05, 4.69) is 20.0 Å². The minimum Gasteiger partial charge on any atom is -0.324 e. The number of nitrogens with one attached hydrogen (secondary N) is 2. The first-order chi connectivity index (χ1) is 14.8. The first kappa shape index (κ1) is 21.2. The number of alkyl halides is 2. The molecule has 0 atom stereocenters. The molecule has 0 bridgehead atoms. The van der Waals surface area contributed by atoms with Crippen LogP contribution in [0.15, 0.2) is 70.7 Å². The van der Waals surface area contributed by atoms with E-state index in [1.807, 2.05) is 6.07 Å². The number of carbonyl (C=O) groups is 1. The molecular formula is C21H16ClF2N5OS. The predicted molar refractivity (Wildman–Crippen MR) is 117 cm³/mol. The van der Waals surface area contributed by atoms with Gasteiger partial charge in [0.05, 0.1) is 33.4 Å². The minimum atomic E-state index is -3.52. The average Bonchev–Trinajstić information content (AvgIpc) is 2.76. The molecule has 0 radical (unpaired) electrons. The summed E-state index contributed by atoms with van der Waals surface area (Å²) in [5, 5.41) is 3.42. The average molecular weight is 460 g/mol. The summed E-state index contributed by atoms with van der Waals surface area (Å²) in [5.41, 5.74) is 5.96. The van der Waals surface area contributed by atoms with Crippen LogP contribution in [-0.4, -0.2) is 16.7 Å². The van der Waals surface area contributed by atoms with Crippen molar-refractivity contribution < 1.29 is 13.6 Å². The first-order valence-electron chi connectivity index (χ1n) is 9.12. The van der Waals surface area contributed by atoms with Crippen LogP contribution >= 0.6 is 23.5 Å². The van der Waals surface area contributed by atoms with E-state index >= 15 is 0 Å². The number of aromatic nitrogens is 1. The predicted octanol–water partition coefficient (Wildman–Crippen LogP) is 4.55. The summed E-state index contributed by atoms with van der Waals surface area (Å²) >= 11 is 7.44. The van der Waals surface area contributed by atoms with Crippen LogP contribution < -0.4 is 15.8 Å². The summed E-state index contributed by atoms with van der Waals surface area (Å²) in [6.45, 7) is -0.130. The van der Waals surface area contributed by atoms with Crippen LogP contribution in [0.5, 0.6) is 0 Å². The molecule has 158 valence electrons. The molecule has 31 heavy (non-hydrogen) atoms. The van der Waals surface area contributed by atoms with Crippen LogP contribution in [0.4, 0.5) is 14.5 Å². The molecule has 0 saturated heterocycles. The van der Waals surface area contributed by atoms with E-state index in [1.165, 1.54) is 30.3 Å². The van der Waals surface area contributed by atoms with E-state index < -0.39 is 11.6 Å². The Morgan fingerprint density at radius 1 is 1.13 bits per heavy atom. The normalized spacial score (nSPS) is 14.5. The van der Waals surface area contributed by atoms with Gasteiger partial charge in [0.2, 0.25) is 5.96 Å². The van der Waals surface area contributed by atoms with Crippen molar-refractivity contribution in [3.05, 3.63) is 88.2 Å². The lowest BCUT2D eigenvalue weighted by Crippen LogP contribution is -2.31. The van der Waals surface area contributed by atoms with Crippen LogP contribution in [0.3, 0.4) is 0 Å². The number of hydrogen-bond donors (Lipinski definition) is 3. The Bertz CT molecular complexity index is 1180. The van der Waals surface area contributed by atoms with Crippen molar-refractivity contribution in [1.29, 1.82) is 0 Å². The summed E-state index contributed by atoms with van der Waals surface area (Å²) < 4.78 is 30.2. The van der Waals surface area contributed by atoms with Crippen LogP contribution in [0.2, 0.25) is 5.02 Å². The van der Waals surface area contributed by atoms with Crippen molar-refractivity contribution in [1.82, 2.24) is 9.71 Å². The first-order valence-corrected chi connectivity index (χ1v) is 10.3. The van der Waals surface area contributed by atoms with Gasteiger partial charge in [-0.3, -0.25) is 20.2 Å². The lowest BCUT2D eigenvalue weighted by atomic mass is 10.0. The summed E-state index contributed by atoms with van der Waals surface area (Å²) in [6.07, 6.45) is 1.40. The highest BCUT2D eigenvalue weighted by atomic mass is 35.5. The van der Waals surface area contributed by atoms with Gasteiger partial charge in [0, 0.05) is 17.3 Å². The lowest BCUT2D eigenvalue weighted by Gasteiger charge is -2.23. The monoisotopic (exact) mass is 459 g/mol. The van der Waals surface area contributed by atoms with Crippen molar-refractivity contribution in [2.24, 2.45) is 10.7 Å². The Morgan fingerprint density at radius 2 is 1.90 bits per heavy atom. The Balaban J connectivity index is 1.62. The molecule has 0 spiro atoms. The topological polar surface area (TPSA) is 92.4 Å². The van der Waals surface area contributed by atoms with Gasteiger partial charge < -0.3 is 5.32 Å². The third kappa shape index (κ3) is 4.53. The molecule has 0 amide bonds. The Morgan fingerprint density at radius 3 is 2.68 bits per heavy atom. The van der Waals surface area contributed by atoms with Gasteiger partial charge in [-0.1, -0.05) is 29.8 Å². The molecule has 2 aromatic carbocycles. The molecule has 1 aromatic heterocycles. The summed E-state index contributed by atoms with van der Waals surface area (Å²) in [4.78, 5) is 22.1. The molecule has 0 saturated carbocycles. The van der Waals surface area contributed by atoms with E-state index in [1.54, 1.807) is 36.4 Å². The second-order valence-corrected chi connectivity index (χ2v) is 7.86. The van der Waals surface area contributed by atoms with Gasteiger partial charge in [0.1, 0.15) is 0 Å². The zero-order valence-corrected chi connectivity index (χ0v) is 17.5. The smallest absolute Gasteiger partial charge is 0.324 e. The number of nitrogens with two attached hydrogens (primary N) is 1. The number of nitrogens with zero attached hydrogens (tertiary/aromatic N) is 2. The molecule has 10 heteroatoms. The van der Waals surface area contributed by atoms with Crippen molar-refractivity contribution in [2.75, 3.05) is 5.32 Å². The zero-order chi connectivity index (χ0) is 22.0. The number of fused-ring (bicyclic) bond motifs is 1. The number of halogens is 3. The van der Waals surface area contributed by atoms with Crippen LogP contribution in [-0.2, 0) is 12.6 Å². The molecule has 2 heterocycles. The van der Waals surface area contributed by atoms with Gasteiger partial charge in [-0.15, -0.1) is 0 Å². The molecule has 0 fully saturated rings. The quantitative estimate of drug-likeness (QED) is 0.294. The number of carbonyl (C=O) groups excluding carboxylic acids is 1. The minimum absolute atomic E-state index is 0.0577. The van der Waals surface area contributed by atoms with E-state index in [9.17, 15) is 13.6 Å². The standard InChI is InChI=1S/C21H16ClF2N5OS/c22-15-8-2-1-5-12(15)19(30)13-6-3-9-17-18(13)28-20(29-31-17)27-11-16-14(21(23,24)25)7-4-10-26-16/h1-10H,11,25H2,(H2,27,28,29). The fraction of sp³-hybridized carbons (Fsp3) is 0.0952. The van der Waals surface area contributed by atoms with Crippen molar-refractivity contribution in [3.8, 4) is 0 Å². The highest BCUT2D eigenvalue weighted by Crippen LogP contribution is 2.34. The lowest BCUT2D eigenvalue weighted by molar-refractivity contribution is 0.00167. The SMILES string of the molecule is NC(F)(F)c1cccnc1CN=C1NSc2cccc(C(=O)c3ccccc3Cl)c2N1. The maximum Gasteiger partial charge on any atom is 0.328 e. The van der Waals surface area contributed by atoms with Crippen molar-refractivity contribution >= 4 is 41.0 Å². The van der Waals surface area contributed by atoms with Crippen LogP contribution in [0.1, 0.15) is 27.2 Å². The number of benzene rings is 2. The van der Waals surface area contributed by atoms with Gasteiger partial charge in [-0.25, -0.2) is 4.99 Å². The molecule has 3 aromatic rings. The molecule has 0 aliphatic carbocycles. The van der Waals surface area contributed by atoms with Gasteiger partial charge in [0.15, 0.2) is 5.78 Å².